The van der Waals surface area contributed by atoms with Crippen LogP contribution in [0.15, 0.2) is 47.5 Å². The molecule has 0 spiro atoms. The number of aliphatic imine (C=N–C) groups is 1. The number of nitrogens with one attached hydrogen (secondary N) is 1. The molecule has 0 radical (unpaired) electrons. The molecule has 1 fully saturated rings. The van der Waals surface area contributed by atoms with E-state index in [2.05, 4.69) is 71.5 Å². The molecule has 1 saturated heterocycles. The standard InChI is InChI=1S/C21H28N4O/c1-16-11-17(2)13-20(12-16)24-21(22)23-14-18-3-5-19(6-4-18)15-25-7-9-26-10-8-25/h3-6,11-13H,7-10,14-15H2,1-2H3,(H3,22,23,24). The highest BCUT2D eigenvalue weighted by atomic mass is 16.5. The molecule has 0 aromatic heterocycles. The van der Waals surface area contributed by atoms with Crippen molar-refractivity contribution in [2.24, 2.45) is 10.7 Å². The first-order valence-corrected chi connectivity index (χ1v) is 9.12. The van der Waals surface area contributed by atoms with Gasteiger partial charge in [0.05, 0.1) is 19.8 Å². The molecule has 0 bridgehead atoms. The van der Waals surface area contributed by atoms with Crippen molar-refractivity contribution in [2.75, 3.05) is 31.6 Å². The second-order valence-corrected chi connectivity index (χ2v) is 6.91. The van der Waals surface area contributed by atoms with Gasteiger partial charge in [0.2, 0.25) is 0 Å². The van der Waals surface area contributed by atoms with E-state index in [1.807, 2.05) is 0 Å². The van der Waals surface area contributed by atoms with Crippen molar-refractivity contribution in [3.8, 4) is 0 Å². The number of rotatable bonds is 5. The quantitative estimate of drug-likeness (QED) is 0.641. The zero-order valence-corrected chi connectivity index (χ0v) is 15.7. The van der Waals surface area contributed by atoms with Crippen LogP contribution in [0.4, 0.5) is 5.69 Å². The molecule has 0 atom stereocenters. The van der Waals surface area contributed by atoms with E-state index in [4.69, 9.17) is 10.5 Å². The number of benzene rings is 2. The molecule has 5 heteroatoms. The largest absolute Gasteiger partial charge is 0.379 e. The molecular formula is C21H28N4O. The summed E-state index contributed by atoms with van der Waals surface area (Å²) in [6.45, 7) is 9.37. The molecule has 2 aromatic rings. The van der Waals surface area contributed by atoms with Crippen LogP contribution >= 0.6 is 0 Å². The van der Waals surface area contributed by atoms with Crippen molar-refractivity contribution in [3.63, 3.8) is 0 Å². The van der Waals surface area contributed by atoms with E-state index in [0.717, 1.165) is 44.1 Å². The topological polar surface area (TPSA) is 62.9 Å². The lowest BCUT2D eigenvalue weighted by Crippen LogP contribution is -2.35. The van der Waals surface area contributed by atoms with Gasteiger partial charge in [-0.2, -0.15) is 0 Å². The highest BCUT2D eigenvalue weighted by Crippen LogP contribution is 2.14. The van der Waals surface area contributed by atoms with Gasteiger partial charge in [0.1, 0.15) is 0 Å². The molecule has 0 unspecified atom stereocenters. The van der Waals surface area contributed by atoms with Crippen molar-refractivity contribution < 1.29 is 4.74 Å². The Bertz CT molecular complexity index is 729. The fourth-order valence-electron chi connectivity index (χ4n) is 3.18. The van der Waals surface area contributed by atoms with Crippen LogP contribution in [0.3, 0.4) is 0 Å². The summed E-state index contributed by atoms with van der Waals surface area (Å²) < 4.78 is 5.39. The van der Waals surface area contributed by atoms with E-state index >= 15 is 0 Å². The van der Waals surface area contributed by atoms with Crippen LogP contribution in [-0.4, -0.2) is 37.2 Å². The van der Waals surface area contributed by atoms with Crippen LogP contribution in [0.25, 0.3) is 0 Å². The van der Waals surface area contributed by atoms with Gasteiger partial charge in [-0.25, -0.2) is 4.99 Å². The average molecular weight is 352 g/mol. The molecule has 26 heavy (non-hydrogen) atoms. The minimum absolute atomic E-state index is 0.437. The molecule has 0 saturated carbocycles. The van der Waals surface area contributed by atoms with Crippen LogP contribution in [-0.2, 0) is 17.8 Å². The fourth-order valence-corrected chi connectivity index (χ4v) is 3.18. The van der Waals surface area contributed by atoms with Gasteiger partial charge in [0, 0.05) is 25.3 Å². The van der Waals surface area contributed by atoms with Gasteiger partial charge in [-0.3, -0.25) is 4.90 Å². The Kier molecular flexibility index (Phi) is 6.26. The van der Waals surface area contributed by atoms with Crippen molar-refractivity contribution in [1.29, 1.82) is 0 Å². The smallest absolute Gasteiger partial charge is 0.193 e. The van der Waals surface area contributed by atoms with Gasteiger partial charge in [-0.15, -0.1) is 0 Å². The van der Waals surface area contributed by atoms with Gasteiger partial charge in [0.15, 0.2) is 5.96 Å². The molecular weight excluding hydrogens is 324 g/mol. The average Bonchev–Trinajstić information content (AvgIpc) is 2.61. The summed E-state index contributed by atoms with van der Waals surface area (Å²) in [5, 5.41) is 3.17. The summed E-state index contributed by atoms with van der Waals surface area (Å²) in [7, 11) is 0. The van der Waals surface area contributed by atoms with Gasteiger partial charge in [-0.05, 0) is 48.2 Å². The van der Waals surface area contributed by atoms with Crippen LogP contribution in [0.1, 0.15) is 22.3 Å². The lowest BCUT2D eigenvalue weighted by molar-refractivity contribution is 0.0342. The Balaban J connectivity index is 1.53. The molecule has 0 aliphatic carbocycles. The first-order chi connectivity index (χ1) is 12.6. The molecule has 138 valence electrons. The molecule has 2 aromatic carbocycles. The predicted octanol–water partition coefficient (Wildman–Crippen LogP) is 3.06. The van der Waals surface area contributed by atoms with Crippen molar-refractivity contribution in [3.05, 3.63) is 64.7 Å². The summed E-state index contributed by atoms with van der Waals surface area (Å²) in [4.78, 5) is 6.87. The third-order valence-corrected chi connectivity index (χ3v) is 4.46. The van der Waals surface area contributed by atoms with E-state index in [1.54, 1.807) is 0 Å². The molecule has 1 aliphatic heterocycles. The van der Waals surface area contributed by atoms with Gasteiger partial charge >= 0.3 is 0 Å². The molecule has 1 aliphatic rings. The number of nitrogens with zero attached hydrogens (tertiary/aromatic N) is 2. The zero-order chi connectivity index (χ0) is 18.4. The molecule has 3 rings (SSSR count). The third-order valence-electron chi connectivity index (χ3n) is 4.46. The highest BCUT2D eigenvalue weighted by molar-refractivity contribution is 5.92. The van der Waals surface area contributed by atoms with Crippen molar-refractivity contribution in [1.82, 2.24) is 4.90 Å². The first-order valence-electron chi connectivity index (χ1n) is 9.12. The van der Waals surface area contributed by atoms with E-state index in [9.17, 15) is 0 Å². The Morgan fingerprint density at radius 2 is 1.65 bits per heavy atom. The van der Waals surface area contributed by atoms with Crippen LogP contribution in [0.5, 0.6) is 0 Å². The molecule has 0 amide bonds. The monoisotopic (exact) mass is 352 g/mol. The van der Waals surface area contributed by atoms with Crippen LogP contribution < -0.4 is 11.1 Å². The summed E-state index contributed by atoms with van der Waals surface area (Å²) in [5.41, 5.74) is 11.9. The fraction of sp³-hybridized carbons (Fsp3) is 0.381. The Morgan fingerprint density at radius 3 is 2.31 bits per heavy atom. The molecule has 5 nitrogen and oxygen atoms in total. The summed E-state index contributed by atoms with van der Waals surface area (Å²) in [5.74, 6) is 0.437. The number of anilines is 1. The zero-order valence-electron chi connectivity index (χ0n) is 15.7. The maximum atomic E-state index is 6.03. The number of hydrogen-bond donors (Lipinski definition) is 2. The lowest BCUT2D eigenvalue weighted by Gasteiger charge is -2.26. The minimum atomic E-state index is 0.437. The van der Waals surface area contributed by atoms with Gasteiger partial charge in [-0.1, -0.05) is 30.3 Å². The number of nitrogens with two attached hydrogens (primary N) is 1. The highest BCUT2D eigenvalue weighted by Gasteiger charge is 2.10. The number of morpholine rings is 1. The maximum absolute atomic E-state index is 6.03. The summed E-state index contributed by atoms with van der Waals surface area (Å²) in [6.07, 6.45) is 0. The Morgan fingerprint density at radius 1 is 1.04 bits per heavy atom. The van der Waals surface area contributed by atoms with E-state index < -0.39 is 0 Å². The van der Waals surface area contributed by atoms with E-state index in [0.29, 0.717) is 12.5 Å². The number of hydrogen-bond acceptors (Lipinski definition) is 3. The summed E-state index contributed by atoms with van der Waals surface area (Å²) >= 11 is 0. The SMILES string of the molecule is Cc1cc(C)cc(NC(N)=NCc2ccc(CN3CCOCC3)cc2)c1. The van der Waals surface area contributed by atoms with Crippen LogP contribution in [0.2, 0.25) is 0 Å². The van der Waals surface area contributed by atoms with Gasteiger partial charge in [0.25, 0.3) is 0 Å². The van der Waals surface area contributed by atoms with Gasteiger partial charge < -0.3 is 15.8 Å². The maximum Gasteiger partial charge on any atom is 0.193 e. The number of aryl methyl sites for hydroxylation is 2. The molecule has 1 heterocycles. The van der Waals surface area contributed by atoms with Crippen molar-refractivity contribution >= 4 is 11.6 Å². The lowest BCUT2D eigenvalue weighted by atomic mass is 10.1. The van der Waals surface area contributed by atoms with Crippen molar-refractivity contribution in [2.45, 2.75) is 26.9 Å². The second kappa shape index (κ2) is 8.83. The normalized spacial score (nSPS) is 15.8. The second-order valence-electron chi connectivity index (χ2n) is 6.91. The van der Waals surface area contributed by atoms with Crippen LogP contribution in [0, 0.1) is 13.8 Å². The third kappa shape index (κ3) is 5.58. The van der Waals surface area contributed by atoms with E-state index in [1.165, 1.54) is 16.7 Å². The number of guanidine groups is 1. The minimum Gasteiger partial charge on any atom is -0.379 e. The predicted molar refractivity (Wildman–Crippen MR) is 107 cm³/mol. The van der Waals surface area contributed by atoms with E-state index in [-0.39, 0.29) is 0 Å². The summed E-state index contributed by atoms with van der Waals surface area (Å²) in [6, 6.07) is 14.9. The Hall–Kier alpha value is -2.37. The number of ether oxygens (including phenoxy) is 1. The Labute approximate surface area is 155 Å². The molecule has 3 N–H and O–H groups in total. The first kappa shape index (κ1) is 18.4.